The van der Waals surface area contributed by atoms with Crippen LogP contribution in [0.5, 0.6) is 5.75 Å². The lowest BCUT2D eigenvalue weighted by atomic mass is 9.85. The smallest absolute Gasteiger partial charge is 0.145 e. The molecule has 2 N–H and O–H groups in total. The van der Waals surface area contributed by atoms with E-state index in [-0.39, 0.29) is 11.9 Å². The number of pyridine rings is 1. The molecule has 29 heavy (non-hydrogen) atoms. The molecule has 5 nitrogen and oxygen atoms in total. The maximum Gasteiger partial charge on any atom is 0.145 e. The van der Waals surface area contributed by atoms with Crippen LogP contribution in [0.3, 0.4) is 0 Å². The van der Waals surface area contributed by atoms with Gasteiger partial charge in [-0.05, 0) is 24.6 Å². The van der Waals surface area contributed by atoms with Crippen LogP contribution in [-0.4, -0.2) is 36.1 Å². The summed E-state index contributed by atoms with van der Waals surface area (Å²) in [5, 5.41) is 1.08. The van der Waals surface area contributed by atoms with E-state index >= 15 is 0 Å². The van der Waals surface area contributed by atoms with Gasteiger partial charge in [-0.3, -0.25) is 10.3 Å². The van der Waals surface area contributed by atoms with Crippen molar-refractivity contribution < 1.29 is 9.13 Å². The number of aromatic nitrogens is 1. The number of rotatable bonds is 4. The molecule has 0 bridgehead atoms. The van der Waals surface area contributed by atoms with Crippen molar-refractivity contribution in [1.29, 1.82) is 0 Å². The first-order valence-corrected chi connectivity index (χ1v) is 10.1. The molecule has 1 aromatic heterocycles. The molecule has 2 fully saturated rings. The van der Waals surface area contributed by atoms with Crippen LogP contribution in [0.1, 0.15) is 23.7 Å². The number of nitrogens with zero attached hydrogens (tertiary/aromatic N) is 2. The van der Waals surface area contributed by atoms with E-state index in [0.29, 0.717) is 12.0 Å². The zero-order valence-corrected chi connectivity index (χ0v) is 16.4. The molecule has 0 saturated carbocycles. The Labute approximate surface area is 169 Å². The van der Waals surface area contributed by atoms with Gasteiger partial charge in [-0.25, -0.2) is 14.8 Å². The van der Waals surface area contributed by atoms with Crippen molar-refractivity contribution in [3.05, 3.63) is 71.7 Å². The van der Waals surface area contributed by atoms with E-state index in [4.69, 9.17) is 9.72 Å². The predicted octanol–water partition coefficient (Wildman–Crippen LogP) is 3.42. The minimum absolute atomic E-state index is 0.0198. The number of ether oxygens (including phenoxy) is 1. The van der Waals surface area contributed by atoms with E-state index in [0.717, 1.165) is 54.0 Å². The van der Waals surface area contributed by atoms with Crippen molar-refractivity contribution in [3.63, 3.8) is 0 Å². The van der Waals surface area contributed by atoms with Gasteiger partial charge < -0.3 is 4.74 Å². The summed E-state index contributed by atoms with van der Waals surface area (Å²) in [5.74, 6) is 0.968. The van der Waals surface area contributed by atoms with Gasteiger partial charge >= 0.3 is 0 Å². The highest BCUT2D eigenvalue weighted by Crippen LogP contribution is 2.35. The Morgan fingerprint density at radius 1 is 1.10 bits per heavy atom. The number of methoxy groups -OCH3 is 1. The van der Waals surface area contributed by atoms with Crippen LogP contribution >= 0.6 is 0 Å². The first kappa shape index (κ1) is 18.5. The summed E-state index contributed by atoms with van der Waals surface area (Å²) in [5.41, 5.74) is 9.38. The maximum atomic E-state index is 14.4. The first-order valence-electron chi connectivity index (χ1n) is 10.1. The third-order valence-corrected chi connectivity index (χ3v) is 6.18. The van der Waals surface area contributed by atoms with E-state index in [9.17, 15) is 4.39 Å². The van der Waals surface area contributed by atoms with E-state index in [1.165, 1.54) is 6.07 Å². The molecule has 2 aromatic carbocycles. The maximum absolute atomic E-state index is 14.4. The molecule has 3 aromatic rings. The van der Waals surface area contributed by atoms with Gasteiger partial charge in [-0.2, -0.15) is 0 Å². The van der Waals surface area contributed by atoms with Crippen LogP contribution in [0, 0.1) is 11.7 Å². The average Bonchev–Trinajstić information content (AvgIpc) is 3.16. The van der Waals surface area contributed by atoms with E-state index in [1.54, 1.807) is 13.2 Å². The molecule has 0 spiro atoms. The molecule has 3 atom stereocenters. The van der Waals surface area contributed by atoms with Crippen LogP contribution in [0.15, 0.2) is 54.6 Å². The van der Waals surface area contributed by atoms with Gasteiger partial charge in [0.1, 0.15) is 17.1 Å². The Balaban J connectivity index is 1.35. The minimum atomic E-state index is -0.145. The van der Waals surface area contributed by atoms with Crippen LogP contribution in [0.4, 0.5) is 4.39 Å². The molecule has 0 radical (unpaired) electrons. The van der Waals surface area contributed by atoms with Gasteiger partial charge in [0.2, 0.25) is 0 Å². The lowest BCUT2D eigenvalue weighted by molar-refractivity contribution is 0.146. The Hall–Kier alpha value is -2.54. The molecule has 2 aliphatic heterocycles. The lowest BCUT2D eigenvalue weighted by Crippen LogP contribution is -2.45. The molecule has 5 rings (SSSR count). The molecule has 3 unspecified atom stereocenters. The Morgan fingerprint density at radius 3 is 2.86 bits per heavy atom. The molecule has 150 valence electrons. The van der Waals surface area contributed by atoms with Crippen LogP contribution in [0.25, 0.3) is 10.9 Å². The highest BCUT2D eigenvalue weighted by Gasteiger charge is 2.41. The number of benzene rings is 2. The first-order chi connectivity index (χ1) is 14.2. The fourth-order valence-corrected chi connectivity index (χ4v) is 4.69. The van der Waals surface area contributed by atoms with Crippen molar-refractivity contribution >= 4 is 10.9 Å². The second-order valence-electron chi connectivity index (χ2n) is 7.92. The Morgan fingerprint density at radius 2 is 2.00 bits per heavy atom. The van der Waals surface area contributed by atoms with Crippen LogP contribution < -0.4 is 15.6 Å². The standard InChI is InChI=1S/C23H25FN4O/c1-29-21-8-4-5-15-9-10-16(25-22(15)21)13-28-12-11-20-18(14-28)23(27-26-20)17-6-2-3-7-19(17)24/h2-10,18,20,23,26-27H,11-14H2,1H3. The molecule has 2 saturated heterocycles. The summed E-state index contributed by atoms with van der Waals surface area (Å²) in [7, 11) is 1.68. The summed E-state index contributed by atoms with van der Waals surface area (Å²) in [6.07, 6.45) is 1.03. The minimum Gasteiger partial charge on any atom is -0.494 e. The summed E-state index contributed by atoms with van der Waals surface area (Å²) < 4.78 is 19.8. The van der Waals surface area contributed by atoms with E-state index in [1.807, 2.05) is 24.3 Å². The van der Waals surface area contributed by atoms with Crippen molar-refractivity contribution in [2.24, 2.45) is 5.92 Å². The van der Waals surface area contributed by atoms with Gasteiger partial charge in [0.15, 0.2) is 0 Å². The van der Waals surface area contributed by atoms with Gasteiger partial charge in [-0.1, -0.05) is 36.4 Å². The number of hydrogen-bond acceptors (Lipinski definition) is 5. The number of para-hydroxylation sites is 1. The quantitative estimate of drug-likeness (QED) is 0.713. The van der Waals surface area contributed by atoms with Crippen molar-refractivity contribution in [2.45, 2.75) is 25.0 Å². The van der Waals surface area contributed by atoms with Crippen LogP contribution in [-0.2, 0) is 6.54 Å². The summed E-state index contributed by atoms with van der Waals surface area (Å²) in [4.78, 5) is 7.28. The second-order valence-corrected chi connectivity index (χ2v) is 7.92. The molecule has 0 amide bonds. The fraction of sp³-hybridized carbons (Fsp3) is 0.348. The number of hydrazine groups is 1. The summed E-state index contributed by atoms with van der Waals surface area (Å²) >= 11 is 0. The molecular formula is C23H25FN4O. The molecular weight excluding hydrogens is 367 g/mol. The number of halogens is 1. The van der Waals surface area contributed by atoms with Crippen molar-refractivity contribution in [2.75, 3.05) is 20.2 Å². The number of piperidine rings is 1. The highest BCUT2D eigenvalue weighted by molar-refractivity contribution is 5.84. The molecule has 3 heterocycles. The summed E-state index contributed by atoms with van der Waals surface area (Å²) in [6.45, 7) is 2.67. The molecule has 6 heteroatoms. The largest absolute Gasteiger partial charge is 0.494 e. The zero-order valence-electron chi connectivity index (χ0n) is 16.4. The Bertz CT molecular complexity index is 1030. The summed E-state index contributed by atoms with van der Waals surface area (Å²) in [6, 6.07) is 17.6. The third-order valence-electron chi connectivity index (χ3n) is 6.18. The third kappa shape index (κ3) is 3.48. The Kier molecular flexibility index (Phi) is 4.91. The van der Waals surface area contributed by atoms with Crippen molar-refractivity contribution in [3.8, 4) is 5.75 Å². The molecule has 2 aliphatic rings. The fourth-order valence-electron chi connectivity index (χ4n) is 4.69. The van der Waals surface area contributed by atoms with Gasteiger partial charge in [0, 0.05) is 42.5 Å². The SMILES string of the molecule is COc1cccc2ccc(CN3CCC4NNC(c5ccccc5F)C4C3)nc12. The monoisotopic (exact) mass is 392 g/mol. The zero-order chi connectivity index (χ0) is 19.8. The van der Waals surface area contributed by atoms with Crippen molar-refractivity contribution in [1.82, 2.24) is 20.7 Å². The topological polar surface area (TPSA) is 49.4 Å². The van der Waals surface area contributed by atoms with Crippen LogP contribution in [0.2, 0.25) is 0 Å². The highest BCUT2D eigenvalue weighted by atomic mass is 19.1. The predicted molar refractivity (Wildman–Crippen MR) is 111 cm³/mol. The number of likely N-dealkylation sites (tertiary alicyclic amines) is 1. The average molecular weight is 392 g/mol. The van der Waals surface area contributed by atoms with E-state index < -0.39 is 0 Å². The normalized spacial score (nSPS) is 24.6. The van der Waals surface area contributed by atoms with E-state index in [2.05, 4.69) is 34.0 Å². The van der Waals surface area contributed by atoms with Gasteiger partial charge in [0.05, 0.1) is 18.8 Å². The van der Waals surface area contributed by atoms with Gasteiger partial charge in [-0.15, -0.1) is 0 Å². The molecule has 0 aliphatic carbocycles. The lowest BCUT2D eigenvalue weighted by Gasteiger charge is -2.36. The van der Waals surface area contributed by atoms with Gasteiger partial charge in [0.25, 0.3) is 0 Å². The number of fused-ring (bicyclic) bond motifs is 2. The second kappa shape index (κ2) is 7.71. The number of hydrogen-bond donors (Lipinski definition) is 2. The number of nitrogens with one attached hydrogen (secondary N) is 2.